The number of phenols is 1. The number of ether oxygens (including phenoxy) is 2. The first-order chi connectivity index (χ1) is 10.7. The minimum atomic E-state index is -0.566. The topological polar surface area (TPSA) is 68.1 Å². The summed E-state index contributed by atoms with van der Waals surface area (Å²) in [4.78, 5) is 16.1. The molecule has 0 aliphatic carbocycles. The van der Waals surface area contributed by atoms with Gasteiger partial charge in [-0.2, -0.15) is 0 Å². The summed E-state index contributed by atoms with van der Waals surface area (Å²) in [7, 11) is 1.54. The van der Waals surface area contributed by atoms with Gasteiger partial charge in [0.15, 0.2) is 5.70 Å². The summed E-state index contributed by atoms with van der Waals surface area (Å²) >= 11 is 0. The van der Waals surface area contributed by atoms with Gasteiger partial charge in [0.1, 0.15) is 11.5 Å². The number of benzene rings is 2. The molecule has 5 nitrogen and oxygen atoms in total. The molecule has 0 spiro atoms. The number of carbonyl (C=O) groups excluding carboxylic acids is 1. The van der Waals surface area contributed by atoms with Gasteiger partial charge in [0.25, 0.3) is 0 Å². The first-order valence-electron chi connectivity index (χ1n) is 6.63. The molecule has 110 valence electrons. The summed E-state index contributed by atoms with van der Waals surface area (Å²) < 4.78 is 10.4. The van der Waals surface area contributed by atoms with E-state index < -0.39 is 5.97 Å². The number of rotatable bonds is 3. The van der Waals surface area contributed by atoms with Crippen LogP contribution in [-0.2, 0) is 9.53 Å². The van der Waals surface area contributed by atoms with Gasteiger partial charge in [0, 0.05) is 5.56 Å². The quantitative estimate of drug-likeness (QED) is 0.698. The molecule has 2 aromatic carbocycles. The molecular weight excluding hydrogens is 282 g/mol. The van der Waals surface area contributed by atoms with E-state index in [1.165, 1.54) is 19.3 Å². The number of esters is 1. The number of para-hydroxylation sites is 2. The average Bonchev–Trinajstić information content (AvgIpc) is 2.90. The molecule has 1 aliphatic rings. The lowest BCUT2D eigenvalue weighted by Gasteiger charge is -2.05. The molecule has 0 amide bonds. The maximum absolute atomic E-state index is 11.9. The van der Waals surface area contributed by atoms with Crippen LogP contribution in [0, 0.1) is 0 Å². The molecule has 22 heavy (non-hydrogen) atoms. The minimum Gasteiger partial charge on any atom is -0.507 e. The number of aliphatic imine (C=N–C) groups is 1. The highest BCUT2D eigenvalue weighted by atomic mass is 16.6. The zero-order valence-electron chi connectivity index (χ0n) is 11.8. The molecule has 0 atom stereocenters. The highest BCUT2D eigenvalue weighted by Crippen LogP contribution is 2.26. The van der Waals surface area contributed by atoms with E-state index in [2.05, 4.69) is 4.99 Å². The number of nitrogens with zero attached hydrogens (tertiary/aromatic N) is 1. The van der Waals surface area contributed by atoms with E-state index in [4.69, 9.17) is 9.47 Å². The molecule has 3 rings (SSSR count). The number of methoxy groups -OCH3 is 1. The first-order valence-corrected chi connectivity index (χ1v) is 6.63. The van der Waals surface area contributed by atoms with Crippen molar-refractivity contribution in [2.24, 2.45) is 4.99 Å². The zero-order valence-corrected chi connectivity index (χ0v) is 11.8. The normalized spacial score (nSPS) is 15.6. The van der Waals surface area contributed by atoms with Gasteiger partial charge >= 0.3 is 5.97 Å². The minimum absolute atomic E-state index is 0.0729. The Morgan fingerprint density at radius 3 is 2.64 bits per heavy atom. The Bertz CT molecular complexity index is 793. The predicted octanol–water partition coefficient (Wildman–Crippen LogP) is 2.75. The summed E-state index contributed by atoms with van der Waals surface area (Å²) in [6.45, 7) is 0. The van der Waals surface area contributed by atoms with E-state index in [9.17, 15) is 9.90 Å². The van der Waals surface area contributed by atoms with Crippen molar-refractivity contribution in [1.82, 2.24) is 0 Å². The standard InChI is InChI=1S/C17H13NO4/c1-21-15-9-5-3-7-12(15)16-18-13(17(20)22-16)10-11-6-2-4-8-14(11)19/h2-10,19H,1H3/b13-10-. The predicted molar refractivity (Wildman–Crippen MR) is 81.7 cm³/mol. The van der Waals surface area contributed by atoms with Crippen molar-refractivity contribution in [1.29, 1.82) is 0 Å². The second kappa shape index (κ2) is 5.73. The van der Waals surface area contributed by atoms with Crippen molar-refractivity contribution in [2.45, 2.75) is 0 Å². The Labute approximate surface area is 127 Å². The summed E-state index contributed by atoms with van der Waals surface area (Å²) in [5.41, 5.74) is 1.22. The Kier molecular flexibility index (Phi) is 3.62. The molecule has 0 saturated heterocycles. The highest BCUT2D eigenvalue weighted by molar-refractivity contribution is 6.13. The first kappa shape index (κ1) is 13.9. The van der Waals surface area contributed by atoms with Crippen molar-refractivity contribution in [3.05, 3.63) is 65.4 Å². The van der Waals surface area contributed by atoms with Gasteiger partial charge in [-0.3, -0.25) is 0 Å². The lowest BCUT2D eigenvalue weighted by atomic mass is 10.1. The van der Waals surface area contributed by atoms with E-state index >= 15 is 0 Å². The van der Waals surface area contributed by atoms with Crippen LogP contribution in [0.5, 0.6) is 11.5 Å². The maximum atomic E-state index is 11.9. The van der Waals surface area contributed by atoms with E-state index in [1.807, 2.05) is 6.07 Å². The van der Waals surface area contributed by atoms with Crippen LogP contribution >= 0.6 is 0 Å². The fraction of sp³-hybridized carbons (Fsp3) is 0.0588. The van der Waals surface area contributed by atoms with E-state index in [0.717, 1.165) is 0 Å². The molecule has 0 aromatic heterocycles. The van der Waals surface area contributed by atoms with Crippen LogP contribution in [0.15, 0.2) is 59.2 Å². The summed E-state index contributed by atoms with van der Waals surface area (Å²) in [5.74, 6) is 0.259. The molecule has 0 fully saturated rings. The van der Waals surface area contributed by atoms with Gasteiger partial charge in [-0.05, 0) is 24.3 Å². The average molecular weight is 295 g/mol. The Balaban J connectivity index is 2.00. The second-order valence-electron chi connectivity index (χ2n) is 4.60. The van der Waals surface area contributed by atoms with Gasteiger partial charge in [-0.15, -0.1) is 0 Å². The van der Waals surface area contributed by atoms with Crippen LogP contribution in [0.25, 0.3) is 6.08 Å². The highest BCUT2D eigenvalue weighted by Gasteiger charge is 2.26. The molecule has 5 heteroatoms. The molecule has 2 aromatic rings. The molecule has 1 N–H and O–H groups in total. The second-order valence-corrected chi connectivity index (χ2v) is 4.60. The van der Waals surface area contributed by atoms with Crippen LogP contribution in [0.3, 0.4) is 0 Å². The third kappa shape index (κ3) is 2.56. The lowest BCUT2D eigenvalue weighted by molar-refractivity contribution is -0.129. The zero-order chi connectivity index (χ0) is 15.5. The fourth-order valence-electron chi connectivity index (χ4n) is 2.10. The Hall–Kier alpha value is -3.08. The Morgan fingerprint density at radius 2 is 1.86 bits per heavy atom. The summed E-state index contributed by atoms with van der Waals surface area (Å²) in [6.07, 6.45) is 1.49. The maximum Gasteiger partial charge on any atom is 0.363 e. The van der Waals surface area contributed by atoms with Crippen molar-refractivity contribution in [3.8, 4) is 11.5 Å². The SMILES string of the molecule is COc1ccccc1C1=N/C(=C\c2ccccc2O)C(=O)O1. The lowest BCUT2D eigenvalue weighted by Crippen LogP contribution is -2.06. The third-order valence-electron chi connectivity index (χ3n) is 3.19. The van der Waals surface area contributed by atoms with Crippen LogP contribution in [0.1, 0.15) is 11.1 Å². The van der Waals surface area contributed by atoms with Crippen LogP contribution in [-0.4, -0.2) is 24.1 Å². The van der Waals surface area contributed by atoms with Crippen LogP contribution in [0.2, 0.25) is 0 Å². The Morgan fingerprint density at radius 1 is 1.14 bits per heavy atom. The van der Waals surface area contributed by atoms with Gasteiger partial charge in [0.05, 0.1) is 12.7 Å². The van der Waals surface area contributed by atoms with Gasteiger partial charge < -0.3 is 14.6 Å². The van der Waals surface area contributed by atoms with Crippen molar-refractivity contribution < 1.29 is 19.4 Å². The van der Waals surface area contributed by atoms with Crippen LogP contribution < -0.4 is 4.74 Å². The molecule has 1 heterocycles. The molecule has 0 saturated carbocycles. The van der Waals surface area contributed by atoms with Gasteiger partial charge in [0.2, 0.25) is 5.90 Å². The van der Waals surface area contributed by atoms with Gasteiger partial charge in [-0.1, -0.05) is 30.3 Å². The van der Waals surface area contributed by atoms with E-state index in [0.29, 0.717) is 16.9 Å². The monoisotopic (exact) mass is 295 g/mol. The molecule has 0 radical (unpaired) electrons. The summed E-state index contributed by atoms with van der Waals surface area (Å²) in [5, 5.41) is 9.76. The van der Waals surface area contributed by atoms with E-state index in [-0.39, 0.29) is 17.3 Å². The number of carbonyl (C=O) groups is 1. The summed E-state index contributed by atoms with van der Waals surface area (Å²) in [6, 6.07) is 13.8. The number of hydrogen-bond acceptors (Lipinski definition) is 5. The largest absolute Gasteiger partial charge is 0.507 e. The van der Waals surface area contributed by atoms with Crippen molar-refractivity contribution in [3.63, 3.8) is 0 Å². The number of hydrogen-bond donors (Lipinski definition) is 1. The van der Waals surface area contributed by atoms with Crippen molar-refractivity contribution >= 4 is 17.9 Å². The third-order valence-corrected chi connectivity index (χ3v) is 3.19. The van der Waals surface area contributed by atoms with E-state index in [1.54, 1.807) is 36.4 Å². The van der Waals surface area contributed by atoms with Crippen molar-refractivity contribution in [2.75, 3.05) is 7.11 Å². The smallest absolute Gasteiger partial charge is 0.363 e. The number of phenolic OH excluding ortho intramolecular Hbond substituents is 1. The fourth-order valence-corrected chi connectivity index (χ4v) is 2.10. The van der Waals surface area contributed by atoms with Gasteiger partial charge in [-0.25, -0.2) is 9.79 Å². The number of cyclic esters (lactones) is 1. The molecule has 0 unspecified atom stereocenters. The number of aromatic hydroxyl groups is 1. The molecule has 1 aliphatic heterocycles. The molecular formula is C17H13NO4. The molecule has 0 bridgehead atoms. The van der Waals surface area contributed by atoms with Crippen LogP contribution in [0.4, 0.5) is 0 Å².